The molecule has 3 rings (SSSR count). The topological polar surface area (TPSA) is 92.5 Å². The molecule has 0 unspecified atom stereocenters. The second-order valence-electron chi connectivity index (χ2n) is 5.76. The summed E-state index contributed by atoms with van der Waals surface area (Å²) in [5.74, 6) is -3.21. The highest BCUT2D eigenvalue weighted by molar-refractivity contribution is 7.09. The van der Waals surface area contributed by atoms with Gasteiger partial charge in [-0.3, -0.25) is 14.4 Å². The number of nitrogens with two attached hydrogens (primary N) is 1. The number of carbonyl (C=O) groups is 3. The third-order valence-corrected chi connectivity index (χ3v) is 4.70. The Labute approximate surface area is 147 Å². The maximum Gasteiger partial charge on any atom is 0.313 e. The maximum atomic E-state index is 13.5. The van der Waals surface area contributed by atoms with E-state index in [2.05, 4.69) is 5.32 Å². The molecular weight excluding hydrogens is 345 g/mol. The quantitative estimate of drug-likeness (QED) is 0.799. The second-order valence-corrected chi connectivity index (χ2v) is 6.79. The summed E-state index contributed by atoms with van der Waals surface area (Å²) in [4.78, 5) is 38.5. The van der Waals surface area contributed by atoms with Crippen LogP contribution in [0.15, 0.2) is 35.7 Å². The molecule has 0 atom stereocenters. The van der Waals surface area contributed by atoms with Gasteiger partial charge in [-0.25, -0.2) is 4.39 Å². The summed E-state index contributed by atoms with van der Waals surface area (Å²) in [6.07, 6.45) is 1.74. The van der Waals surface area contributed by atoms with Crippen LogP contribution in [0.5, 0.6) is 0 Å². The second kappa shape index (κ2) is 7.02. The highest BCUT2D eigenvalue weighted by atomic mass is 32.1. The van der Waals surface area contributed by atoms with Crippen LogP contribution in [0.2, 0.25) is 0 Å². The van der Waals surface area contributed by atoms with Crippen LogP contribution in [-0.4, -0.2) is 28.7 Å². The molecule has 0 radical (unpaired) electrons. The molecule has 0 aliphatic heterocycles. The summed E-state index contributed by atoms with van der Waals surface area (Å²) in [6, 6.07) is 7.26. The first kappa shape index (κ1) is 17.1. The highest BCUT2D eigenvalue weighted by Gasteiger charge is 2.35. The summed E-state index contributed by atoms with van der Waals surface area (Å²) in [7, 11) is 0. The highest BCUT2D eigenvalue weighted by Crippen LogP contribution is 2.29. The average molecular weight is 361 g/mol. The van der Waals surface area contributed by atoms with E-state index in [9.17, 15) is 18.8 Å². The van der Waals surface area contributed by atoms with Gasteiger partial charge in [0.25, 0.3) is 5.91 Å². The molecule has 0 bridgehead atoms. The van der Waals surface area contributed by atoms with Crippen LogP contribution in [0.1, 0.15) is 28.1 Å². The molecule has 0 spiro atoms. The SMILES string of the molecule is NC(=O)c1cc(NC(=O)C(=O)N(Cc2cccs2)C2CC2)ccc1F. The number of nitrogens with one attached hydrogen (secondary N) is 1. The van der Waals surface area contributed by atoms with Crippen LogP contribution in [0, 0.1) is 5.82 Å². The molecule has 2 aromatic rings. The molecule has 25 heavy (non-hydrogen) atoms. The Hall–Kier alpha value is -2.74. The normalized spacial score (nSPS) is 13.3. The zero-order valence-electron chi connectivity index (χ0n) is 13.2. The number of hydrogen-bond acceptors (Lipinski definition) is 4. The molecular formula is C17H16FN3O3S. The van der Waals surface area contributed by atoms with E-state index in [0.717, 1.165) is 29.9 Å². The minimum atomic E-state index is -0.947. The molecule has 1 aromatic heterocycles. The van der Waals surface area contributed by atoms with Crippen LogP contribution in [0.25, 0.3) is 0 Å². The van der Waals surface area contributed by atoms with Crippen molar-refractivity contribution in [3.05, 3.63) is 52.0 Å². The summed E-state index contributed by atoms with van der Waals surface area (Å²) in [5, 5.41) is 4.32. The first-order valence-corrected chi connectivity index (χ1v) is 8.57. The fourth-order valence-electron chi connectivity index (χ4n) is 2.43. The molecule has 130 valence electrons. The molecule has 1 aliphatic rings. The lowest BCUT2D eigenvalue weighted by molar-refractivity contribution is -0.144. The first-order chi connectivity index (χ1) is 12.0. The first-order valence-electron chi connectivity index (χ1n) is 7.69. The van der Waals surface area contributed by atoms with Gasteiger partial charge in [-0.1, -0.05) is 6.07 Å². The average Bonchev–Trinajstić information content (AvgIpc) is 3.29. The van der Waals surface area contributed by atoms with Gasteiger partial charge >= 0.3 is 11.8 Å². The minimum absolute atomic E-state index is 0.0646. The molecule has 3 N–H and O–H groups in total. The molecule has 1 aromatic carbocycles. The third kappa shape index (κ3) is 4.03. The Morgan fingerprint density at radius 1 is 1.28 bits per heavy atom. The zero-order valence-corrected chi connectivity index (χ0v) is 14.0. The lowest BCUT2D eigenvalue weighted by Gasteiger charge is -2.21. The fraction of sp³-hybridized carbons (Fsp3) is 0.235. The predicted molar refractivity (Wildman–Crippen MR) is 91.4 cm³/mol. The molecule has 1 heterocycles. The summed E-state index contributed by atoms with van der Waals surface area (Å²) in [6.45, 7) is 0.380. The number of carbonyl (C=O) groups excluding carboxylic acids is 3. The van der Waals surface area contributed by atoms with E-state index < -0.39 is 23.5 Å². The van der Waals surface area contributed by atoms with Crippen molar-refractivity contribution in [1.82, 2.24) is 4.90 Å². The van der Waals surface area contributed by atoms with Crippen molar-refractivity contribution in [1.29, 1.82) is 0 Å². The number of hydrogen-bond donors (Lipinski definition) is 2. The number of thiophene rings is 1. The van der Waals surface area contributed by atoms with Gasteiger partial charge < -0.3 is 16.0 Å². The van der Waals surface area contributed by atoms with Gasteiger partial charge in [-0.15, -0.1) is 11.3 Å². The van der Waals surface area contributed by atoms with Crippen molar-refractivity contribution in [2.24, 2.45) is 5.73 Å². The lowest BCUT2D eigenvalue weighted by Crippen LogP contribution is -2.40. The van der Waals surface area contributed by atoms with Gasteiger partial charge in [0.1, 0.15) is 5.82 Å². The van der Waals surface area contributed by atoms with Crippen LogP contribution in [0.3, 0.4) is 0 Å². The van der Waals surface area contributed by atoms with Crippen molar-refractivity contribution in [2.75, 3.05) is 5.32 Å². The Morgan fingerprint density at radius 2 is 2.04 bits per heavy atom. The maximum absolute atomic E-state index is 13.5. The van der Waals surface area contributed by atoms with Crippen molar-refractivity contribution >= 4 is 34.7 Å². The fourth-order valence-corrected chi connectivity index (χ4v) is 3.13. The standard InChI is InChI=1S/C17H16FN3O3S/c18-14-6-3-10(8-13(14)15(19)22)20-16(23)17(24)21(11-4-5-11)9-12-2-1-7-25-12/h1-3,6-8,11H,4-5,9H2,(H2,19,22)(H,20,23). The van der Waals surface area contributed by atoms with E-state index in [1.54, 1.807) is 4.90 Å². The van der Waals surface area contributed by atoms with E-state index in [-0.39, 0.29) is 17.3 Å². The molecule has 1 aliphatic carbocycles. The van der Waals surface area contributed by atoms with Gasteiger partial charge in [0, 0.05) is 16.6 Å². The molecule has 6 nitrogen and oxygen atoms in total. The van der Waals surface area contributed by atoms with Crippen molar-refractivity contribution < 1.29 is 18.8 Å². The van der Waals surface area contributed by atoms with E-state index in [1.807, 2.05) is 17.5 Å². The molecule has 1 fully saturated rings. The minimum Gasteiger partial charge on any atom is -0.366 e. The molecule has 0 saturated heterocycles. The van der Waals surface area contributed by atoms with Crippen LogP contribution >= 0.6 is 11.3 Å². The Bertz CT molecular complexity index is 819. The summed E-state index contributed by atoms with van der Waals surface area (Å²) >= 11 is 1.52. The zero-order chi connectivity index (χ0) is 18.0. The Balaban J connectivity index is 1.72. The van der Waals surface area contributed by atoms with E-state index in [1.165, 1.54) is 17.4 Å². The van der Waals surface area contributed by atoms with Gasteiger partial charge in [-0.05, 0) is 42.5 Å². The van der Waals surface area contributed by atoms with Gasteiger partial charge in [-0.2, -0.15) is 0 Å². The predicted octanol–water partition coefficient (Wildman–Crippen LogP) is 2.12. The monoisotopic (exact) mass is 361 g/mol. The van der Waals surface area contributed by atoms with E-state index >= 15 is 0 Å². The Morgan fingerprint density at radius 3 is 2.64 bits per heavy atom. The number of anilines is 1. The number of benzene rings is 1. The largest absolute Gasteiger partial charge is 0.366 e. The number of nitrogens with zero attached hydrogens (tertiary/aromatic N) is 1. The molecule has 3 amide bonds. The van der Waals surface area contributed by atoms with Crippen molar-refractivity contribution in [3.8, 4) is 0 Å². The van der Waals surface area contributed by atoms with Crippen LogP contribution in [-0.2, 0) is 16.1 Å². The number of halogens is 1. The van der Waals surface area contributed by atoms with Crippen LogP contribution in [0.4, 0.5) is 10.1 Å². The molecule has 1 saturated carbocycles. The number of rotatable bonds is 5. The van der Waals surface area contributed by atoms with E-state index in [4.69, 9.17) is 5.73 Å². The smallest absolute Gasteiger partial charge is 0.313 e. The number of primary amides is 1. The van der Waals surface area contributed by atoms with Gasteiger partial charge in [0.2, 0.25) is 0 Å². The van der Waals surface area contributed by atoms with Gasteiger partial charge in [0.15, 0.2) is 0 Å². The summed E-state index contributed by atoms with van der Waals surface area (Å²) < 4.78 is 13.5. The van der Waals surface area contributed by atoms with Crippen molar-refractivity contribution in [3.63, 3.8) is 0 Å². The lowest BCUT2D eigenvalue weighted by atomic mass is 10.1. The third-order valence-electron chi connectivity index (χ3n) is 3.84. The summed E-state index contributed by atoms with van der Waals surface area (Å²) in [5.41, 5.74) is 4.88. The Kier molecular flexibility index (Phi) is 4.80. The van der Waals surface area contributed by atoms with Crippen molar-refractivity contribution in [2.45, 2.75) is 25.4 Å². The molecule has 8 heteroatoms. The number of amides is 3. The van der Waals surface area contributed by atoms with Gasteiger partial charge in [0.05, 0.1) is 12.1 Å². The van der Waals surface area contributed by atoms with E-state index in [0.29, 0.717) is 6.54 Å². The van der Waals surface area contributed by atoms with Crippen LogP contribution < -0.4 is 11.1 Å².